The van der Waals surface area contributed by atoms with Crippen molar-refractivity contribution in [2.45, 2.75) is 48.3 Å². The second-order valence-electron chi connectivity index (χ2n) is 8.12. The van der Waals surface area contributed by atoms with E-state index in [0.717, 1.165) is 49.9 Å². The molecule has 158 valence electrons. The quantitative estimate of drug-likeness (QED) is 0.289. The number of fused-ring (bicyclic) bond motifs is 3. The lowest BCUT2D eigenvalue weighted by Crippen LogP contribution is -2.00. The molecule has 0 aromatic carbocycles. The summed E-state index contributed by atoms with van der Waals surface area (Å²) in [5, 5.41) is 14.4. The van der Waals surface area contributed by atoms with Gasteiger partial charge in [-0.1, -0.05) is 6.07 Å². The van der Waals surface area contributed by atoms with Gasteiger partial charge in [-0.3, -0.25) is 9.55 Å². The van der Waals surface area contributed by atoms with Crippen molar-refractivity contribution in [2.24, 2.45) is 0 Å². The Morgan fingerprint density at radius 2 is 2.03 bits per heavy atom. The van der Waals surface area contributed by atoms with Crippen LogP contribution < -0.4 is 0 Å². The summed E-state index contributed by atoms with van der Waals surface area (Å²) in [5.74, 6) is 1.70. The summed E-state index contributed by atoms with van der Waals surface area (Å²) in [6.45, 7) is 0. The van der Waals surface area contributed by atoms with Crippen LogP contribution >= 0.6 is 34.4 Å². The highest BCUT2D eigenvalue weighted by Crippen LogP contribution is 2.46. The molecule has 5 aromatic rings. The van der Waals surface area contributed by atoms with Crippen LogP contribution in [0.4, 0.5) is 0 Å². The Morgan fingerprint density at radius 1 is 1.06 bits per heavy atom. The van der Waals surface area contributed by atoms with Gasteiger partial charge in [-0.05, 0) is 73.0 Å². The maximum Gasteiger partial charge on any atom is 0.198 e. The van der Waals surface area contributed by atoms with Gasteiger partial charge < -0.3 is 0 Å². The van der Waals surface area contributed by atoms with E-state index in [-0.39, 0.29) is 0 Å². The normalized spacial score (nSPS) is 15.5. The summed E-state index contributed by atoms with van der Waals surface area (Å²) in [4.78, 5) is 18.0. The van der Waals surface area contributed by atoms with Crippen molar-refractivity contribution in [1.29, 1.82) is 0 Å². The molecule has 5 heterocycles. The number of pyridine rings is 1. The van der Waals surface area contributed by atoms with Gasteiger partial charge in [0.15, 0.2) is 16.8 Å². The van der Waals surface area contributed by atoms with E-state index < -0.39 is 0 Å². The minimum absolute atomic E-state index is 0.480. The predicted molar refractivity (Wildman–Crippen MR) is 128 cm³/mol. The molecule has 2 aliphatic rings. The molecule has 5 aromatic heterocycles. The van der Waals surface area contributed by atoms with Gasteiger partial charge in [-0.25, -0.2) is 9.97 Å². The SMILES string of the molecule is c1cncc(-c2nc(Sc3nnc(-c4cccs4)n3C3CC3)c3c4c(sc3n2)CCC4)c1. The minimum atomic E-state index is 0.480. The molecule has 1 fully saturated rings. The van der Waals surface area contributed by atoms with Crippen molar-refractivity contribution in [2.75, 3.05) is 0 Å². The molecular formula is C23H18N6S3. The van der Waals surface area contributed by atoms with Gasteiger partial charge in [-0.15, -0.1) is 32.9 Å². The fraction of sp³-hybridized carbons (Fsp3) is 0.261. The third-order valence-corrected chi connectivity index (χ3v) is 8.96. The molecule has 0 unspecified atom stereocenters. The highest BCUT2D eigenvalue weighted by Gasteiger charge is 2.32. The summed E-state index contributed by atoms with van der Waals surface area (Å²) < 4.78 is 2.32. The molecule has 0 aliphatic heterocycles. The van der Waals surface area contributed by atoms with E-state index in [9.17, 15) is 0 Å². The van der Waals surface area contributed by atoms with Gasteiger partial charge in [0.05, 0.1) is 4.88 Å². The highest BCUT2D eigenvalue weighted by molar-refractivity contribution is 7.99. The lowest BCUT2D eigenvalue weighted by atomic mass is 10.2. The van der Waals surface area contributed by atoms with Gasteiger partial charge in [-0.2, -0.15) is 0 Å². The van der Waals surface area contributed by atoms with E-state index in [1.54, 1.807) is 29.3 Å². The number of aromatic nitrogens is 6. The Kier molecular flexibility index (Phi) is 4.41. The maximum atomic E-state index is 5.05. The van der Waals surface area contributed by atoms with Crippen molar-refractivity contribution < 1.29 is 0 Å². The average molecular weight is 475 g/mol. The van der Waals surface area contributed by atoms with Crippen LogP contribution in [-0.2, 0) is 12.8 Å². The summed E-state index contributed by atoms with van der Waals surface area (Å²) in [5.41, 5.74) is 2.37. The summed E-state index contributed by atoms with van der Waals surface area (Å²) in [7, 11) is 0. The Morgan fingerprint density at radius 3 is 2.84 bits per heavy atom. The Hall–Kier alpha value is -2.62. The van der Waals surface area contributed by atoms with Crippen LogP contribution in [0.25, 0.3) is 32.3 Å². The molecule has 1 saturated carbocycles. The third kappa shape index (κ3) is 3.10. The van der Waals surface area contributed by atoms with Gasteiger partial charge in [0.1, 0.15) is 9.86 Å². The van der Waals surface area contributed by atoms with E-state index in [4.69, 9.17) is 9.97 Å². The first kappa shape index (κ1) is 18.9. The van der Waals surface area contributed by atoms with Gasteiger partial charge in [0.25, 0.3) is 0 Å². The second kappa shape index (κ2) is 7.47. The first-order chi connectivity index (χ1) is 15.8. The van der Waals surface area contributed by atoms with Crippen molar-refractivity contribution in [3.63, 3.8) is 0 Å². The van der Waals surface area contributed by atoms with Crippen molar-refractivity contribution in [1.82, 2.24) is 29.7 Å². The molecule has 0 saturated heterocycles. The van der Waals surface area contributed by atoms with E-state index in [1.165, 1.54) is 35.1 Å². The topological polar surface area (TPSA) is 69.4 Å². The lowest BCUT2D eigenvalue weighted by molar-refractivity contribution is 0.669. The summed E-state index contributed by atoms with van der Waals surface area (Å²) in [6.07, 6.45) is 9.43. The smallest absolute Gasteiger partial charge is 0.198 e. The zero-order valence-electron chi connectivity index (χ0n) is 17.1. The molecule has 0 bridgehead atoms. The number of rotatable bonds is 5. The first-order valence-corrected chi connectivity index (χ1v) is 13.3. The molecule has 0 spiro atoms. The van der Waals surface area contributed by atoms with Crippen LogP contribution in [0, 0.1) is 0 Å². The van der Waals surface area contributed by atoms with Crippen LogP contribution in [0.3, 0.4) is 0 Å². The van der Waals surface area contributed by atoms with Crippen LogP contribution in [-0.4, -0.2) is 29.7 Å². The molecule has 0 N–H and O–H groups in total. The van der Waals surface area contributed by atoms with Crippen molar-refractivity contribution in [3.8, 4) is 22.1 Å². The molecule has 0 amide bonds. The Balaban J connectivity index is 1.40. The van der Waals surface area contributed by atoms with Gasteiger partial charge >= 0.3 is 0 Å². The largest absolute Gasteiger partial charge is 0.298 e. The minimum Gasteiger partial charge on any atom is -0.298 e. The summed E-state index contributed by atoms with van der Waals surface area (Å²) in [6, 6.07) is 8.62. The van der Waals surface area contributed by atoms with Crippen LogP contribution in [0.2, 0.25) is 0 Å². The molecule has 7 rings (SSSR count). The fourth-order valence-corrected chi connectivity index (χ4v) is 7.40. The molecular weight excluding hydrogens is 456 g/mol. The Labute approximate surface area is 196 Å². The van der Waals surface area contributed by atoms with Crippen LogP contribution in [0.15, 0.2) is 52.2 Å². The number of aryl methyl sites for hydroxylation is 2. The second-order valence-corrected chi connectivity index (χ2v) is 11.1. The zero-order valence-corrected chi connectivity index (χ0v) is 19.5. The Bertz CT molecular complexity index is 1430. The summed E-state index contributed by atoms with van der Waals surface area (Å²) >= 11 is 5.17. The molecule has 0 atom stereocenters. The number of thiophene rings is 2. The van der Waals surface area contributed by atoms with Crippen molar-refractivity contribution in [3.05, 3.63) is 52.5 Å². The van der Waals surface area contributed by atoms with E-state index in [2.05, 4.69) is 37.3 Å². The zero-order chi connectivity index (χ0) is 21.1. The number of hydrogen-bond donors (Lipinski definition) is 0. The highest BCUT2D eigenvalue weighted by atomic mass is 32.2. The lowest BCUT2D eigenvalue weighted by Gasteiger charge is -2.10. The standard InChI is InChI=1S/C23H18N6S3/c1-5-15-16(6-1)31-21-18(15)22(26-19(25-21)13-4-2-10-24-12-13)32-23-28-27-20(17-7-3-11-30-17)29(23)14-8-9-14/h2-4,7,10-12,14H,1,5-6,8-9H2. The number of nitrogens with zero attached hydrogens (tertiary/aromatic N) is 6. The van der Waals surface area contributed by atoms with Crippen LogP contribution in [0.1, 0.15) is 35.7 Å². The van der Waals surface area contributed by atoms with E-state index in [1.807, 2.05) is 29.7 Å². The number of hydrogen-bond acceptors (Lipinski definition) is 8. The molecule has 32 heavy (non-hydrogen) atoms. The maximum absolute atomic E-state index is 5.05. The first-order valence-electron chi connectivity index (χ1n) is 10.7. The molecule has 0 radical (unpaired) electrons. The van der Waals surface area contributed by atoms with Crippen LogP contribution in [0.5, 0.6) is 0 Å². The average Bonchev–Trinajstić information content (AvgIpc) is 3.22. The van der Waals surface area contributed by atoms with E-state index >= 15 is 0 Å². The van der Waals surface area contributed by atoms with Gasteiger partial charge in [0, 0.05) is 34.3 Å². The fourth-order valence-electron chi connectivity index (χ4n) is 4.33. The molecule has 9 heteroatoms. The predicted octanol–water partition coefficient (Wildman–Crippen LogP) is 6.05. The van der Waals surface area contributed by atoms with E-state index in [0.29, 0.717) is 6.04 Å². The third-order valence-electron chi connectivity index (χ3n) is 5.96. The monoisotopic (exact) mass is 474 g/mol. The molecule has 6 nitrogen and oxygen atoms in total. The van der Waals surface area contributed by atoms with Crippen molar-refractivity contribution >= 4 is 44.7 Å². The molecule has 2 aliphatic carbocycles. The van der Waals surface area contributed by atoms with Gasteiger partial charge in [0.2, 0.25) is 0 Å².